The molecule has 7 heteroatoms. The van der Waals surface area contributed by atoms with Gasteiger partial charge in [-0.3, -0.25) is 5.32 Å². The third-order valence-electron chi connectivity index (χ3n) is 2.27. The molecule has 1 aromatic carbocycles. The first-order chi connectivity index (χ1) is 8.65. The van der Waals surface area contributed by atoms with E-state index in [2.05, 4.69) is 20.8 Å². The lowest BCUT2D eigenvalue weighted by atomic mass is 10.1. The first-order valence-electron chi connectivity index (χ1n) is 5.35. The van der Waals surface area contributed by atoms with Crippen molar-refractivity contribution in [3.63, 3.8) is 0 Å². The van der Waals surface area contributed by atoms with Crippen molar-refractivity contribution < 1.29 is 4.79 Å². The highest BCUT2D eigenvalue weighted by atomic mass is 32.1. The minimum absolute atomic E-state index is 0.0192. The average molecular weight is 263 g/mol. The maximum absolute atomic E-state index is 11.6. The predicted molar refractivity (Wildman–Crippen MR) is 71.6 cm³/mol. The zero-order valence-electron chi connectivity index (χ0n) is 9.75. The largest absolute Gasteiger partial charge is 0.325 e. The number of carbonyl (C=O) groups is 1. The fourth-order valence-corrected chi connectivity index (χ4v) is 1.80. The predicted octanol–water partition coefficient (Wildman–Crippen LogP) is 2.20. The van der Waals surface area contributed by atoms with Gasteiger partial charge in [0.1, 0.15) is 5.51 Å². The molecule has 0 fully saturated rings. The lowest BCUT2D eigenvalue weighted by Gasteiger charge is -2.08. The molecular weight excluding hydrogens is 250 g/mol. The summed E-state index contributed by atoms with van der Waals surface area (Å²) in [5, 5.41) is 13.1. The third-order valence-corrected chi connectivity index (χ3v) is 2.88. The normalized spacial score (nSPS) is 11.9. The Labute approximate surface area is 108 Å². The molecule has 1 unspecified atom stereocenters. The van der Waals surface area contributed by atoms with Crippen LogP contribution in [0.4, 0.5) is 15.6 Å². The molecule has 0 saturated heterocycles. The first-order valence-corrected chi connectivity index (χ1v) is 6.23. The minimum Gasteiger partial charge on any atom is -0.324 e. The number of hydrogen-bond acceptors (Lipinski definition) is 5. The van der Waals surface area contributed by atoms with Crippen LogP contribution < -0.4 is 16.4 Å². The fraction of sp³-hybridized carbons (Fsp3) is 0.182. The topological polar surface area (TPSA) is 92.9 Å². The molecule has 0 aliphatic rings. The lowest BCUT2D eigenvalue weighted by molar-refractivity contribution is 0.262. The molecule has 18 heavy (non-hydrogen) atoms. The van der Waals surface area contributed by atoms with E-state index < -0.39 is 0 Å². The number of amides is 2. The van der Waals surface area contributed by atoms with E-state index in [9.17, 15) is 4.79 Å². The first kappa shape index (κ1) is 12.5. The van der Waals surface area contributed by atoms with Crippen molar-refractivity contribution in [1.82, 2.24) is 10.2 Å². The van der Waals surface area contributed by atoms with Gasteiger partial charge in [0.05, 0.1) is 0 Å². The number of nitrogens with two attached hydrogens (primary N) is 1. The van der Waals surface area contributed by atoms with Gasteiger partial charge in [-0.2, -0.15) is 0 Å². The van der Waals surface area contributed by atoms with Crippen LogP contribution in [0, 0.1) is 0 Å². The molecule has 94 valence electrons. The van der Waals surface area contributed by atoms with Crippen molar-refractivity contribution in [2.75, 3.05) is 10.6 Å². The van der Waals surface area contributed by atoms with E-state index in [1.54, 1.807) is 17.6 Å². The van der Waals surface area contributed by atoms with Crippen LogP contribution in [0.1, 0.15) is 18.5 Å². The quantitative estimate of drug-likeness (QED) is 0.791. The fourth-order valence-electron chi connectivity index (χ4n) is 1.36. The number of aromatic nitrogens is 2. The summed E-state index contributed by atoms with van der Waals surface area (Å²) < 4.78 is 0. The molecule has 2 aromatic rings. The zero-order valence-corrected chi connectivity index (χ0v) is 10.6. The maximum atomic E-state index is 11.6. The van der Waals surface area contributed by atoms with E-state index in [4.69, 9.17) is 5.73 Å². The van der Waals surface area contributed by atoms with Crippen LogP contribution >= 0.6 is 11.3 Å². The SMILES string of the molecule is CC(N)c1ccc(NC(=O)Nc2nncs2)cc1. The Bertz CT molecular complexity index is 509. The highest BCUT2D eigenvalue weighted by Crippen LogP contribution is 2.15. The molecule has 0 aliphatic carbocycles. The highest BCUT2D eigenvalue weighted by molar-refractivity contribution is 7.13. The van der Waals surface area contributed by atoms with Crippen LogP contribution in [0.15, 0.2) is 29.8 Å². The number of hydrogen-bond donors (Lipinski definition) is 3. The Morgan fingerprint density at radius 3 is 2.61 bits per heavy atom. The number of nitrogens with one attached hydrogen (secondary N) is 2. The Morgan fingerprint density at radius 1 is 1.33 bits per heavy atom. The van der Waals surface area contributed by atoms with Crippen molar-refractivity contribution in [3.8, 4) is 0 Å². The summed E-state index contributed by atoms with van der Waals surface area (Å²) in [7, 11) is 0. The minimum atomic E-state index is -0.347. The average Bonchev–Trinajstić information content (AvgIpc) is 2.82. The smallest absolute Gasteiger partial charge is 0.324 e. The van der Waals surface area contributed by atoms with Gasteiger partial charge in [-0.05, 0) is 24.6 Å². The van der Waals surface area contributed by atoms with Crippen LogP contribution in [0.5, 0.6) is 0 Å². The van der Waals surface area contributed by atoms with Crippen molar-refractivity contribution in [2.24, 2.45) is 5.73 Å². The molecular formula is C11H13N5OS. The summed E-state index contributed by atoms with van der Waals surface area (Å²) in [6.45, 7) is 1.91. The van der Waals surface area contributed by atoms with Crippen LogP contribution in [0.2, 0.25) is 0 Å². The Kier molecular flexibility index (Phi) is 3.85. The van der Waals surface area contributed by atoms with E-state index in [1.807, 2.05) is 19.1 Å². The summed E-state index contributed by atoms with van der Waals surface area (Å²) in [5.41, 5.74) is 9.00. The Balaban J connectivity index is 1.95. The molecule has 0 radical (unpaired) electrons. The highest BCUT2D eigenvalue weighted by Gasteiger charge is 2.05. The molecule has 0 bridgehead atoms. The second kappa shape index (κ2) is 5.56. The molecule has 1 atom stereocenters. The third kappa shape index (κ3) is 3.25. The standard InChI is InChI=1S/C11H13N5OS/c1-7(12)8-2-4-9(5-3-8)14-10(17)15-11-16-13-6-18-11/h2-7H,12H2,1H3,(H2,14,15,16,17). The molecule has 2 amide bonds. The summed E-state index contributed by atoms with van der Waals surface area (Å²) >= 11 is 1.26. The summed E-state index contributed by atoms with van der Waals surface area (Å²) in [6, 6.07) is 7.00. The van der Waals surface area contributed by atoms with E-state index >= 15 is 0 Å². The van der Waals surface area contributed by atoms with Crippen molar-refractivity contribution in [3.05, 3.63) is 35.3 Å². The zero-order chi connectivity index (χ0) is 13.0. The van der Waals surface area contributed by atoms with Crippen LogP contribution in [-0.2, 0) is 0 Å². The van der Waals surface area contributed by atoms with Gasteiger partial charge in [-0.15, -0.1) is 10.2 Å². The van der Waals surface area contributed by atoms with Gasteiger partial charge in [0.25, 0.3) is 0 Å². The number of anilines is 2. The monoisotopic (exact) mass is 263 g/mol. The van der Waals surface area contributed by atoms with E-state index in [0.717, 1.165) is 5.56 Å². The second-order valence-corrected chi connectivity index (χ2v) is 4.57. The summed E-state index contributed by atoms with van der Waals surface area (Å²) in [6.07, 6.45) is 0. The van der Waals surface area contributed by atoms with Crippen molar-refractivity contribution in [1.29, 1.82) is 0 Å². The molecule has 4 N–H and O–H groups in total. The van der Waals surface area contributed by atoms with Crippen molar-refractivity contribution in [2.45, 2.75) is 13.0 Å². The van der Waals surface area contributed by atoms with Gasteiger partial charge in [0, 0.05) is 11.7 Å². The number of nitrogens with zero attached hydrogens (tertiary/aromatic N) is 2. The van der Waals surface area contributed by atoms with Gasteiger partial charge in [-0.1, -0.05) is 23.5 Å². The number of carbonyl (C=O) groups excluding carboxylic acids is 1. The van der Waals surface area contributed by atoms with Gasteiger partial charge in [0.15, 0.2) is 0 Å². The number of benzene rings is 1. The van der Waals surface area contributed by atoms with Gasteiger partial charge in [-0.25, -0.2) is 4.79 Å². The molecule has 1 heterocycles. The van der Waals surface area contributed by atoms with Gasteiger partial charge >= 0.3 is 6.03 Å². The van der Waals surface area contributed by atoms with E-state index in [1.165, 1.54) is 11.3 Å². The number of rotatable bonds is 3. The second-order valence-electron chi connectivity index (χ2n) is 3.73. The van der Waals surface area contributed by atoms with Gasteiger partial charge in [0.2, 0.25) is 5.13 Å². The summed E-state index contributed by atoms with van der Waals surface area (Å²) in [5.74, 6) is 0. The molecule has 0 aliphatic heterocycles. The van der Waals surface area contributed by atoms with Gasteiger partial charge < -0.3 is 11.1 Å². The molecule has 1 aromatic heterocycles. The van der Waals surface area contributed by atoms with E-state index in [-0.39, 0.29) is 12.1 Å². The molecule has 0 saturated carbocycles. The van der Waals surface area contributed by atoms with E-state index in [0.29, 0.717) is 10.8 Å². The maximum Gasteiger partial charge on any atom is 0.325 e. The summed E-state index contributed by atoms with van der Waals surface area (Å²) in [4.78, 5) is 11.6. The molecule has 2 rings (SSSR count). The van der Waals surface area contributed by atoms with Crippen LogP contribution in [-0.4, -0.2) is 16.2 Å². The molecule has 0 spiro atoms. The number of urea groups is 1. The van der Waals surface area contributed by atoms with Crippen molar-refractivity contribution >= 4 is 28.2 Å². The Hall–Kier alpha value is -1.99. The van der Waals surface area contributed by atoms with Crippen LogP contribution in [0.25, 0.3) is 0 Å². The van der Waals surface area contributed by atoms with Crippen LogP contribution in [0.3, 0.4) is 0 Å². The lowest BCUT2D eigenvalue weighted by Crippen LogP contribution is -2.19. The molecule has 6 nitrogen and oxygen atoms in total. The Morgan fingerprint density at radius 2 is 2.06 bits per heavy atom.